The van der Waals surface area contributed by atoms with Crippen LogP contribution in [0.5, 0.6) is 0 Å². The number of hydrogen-bond acceptors (Lipinski definition) is 6. The molecule has 0 bridgehead atoms. The normalized spacial score (nSPS) is 11.5. The molecule has 6 nitrogen and oxygen atoms in total. The highest BCUT2D eigenvalue weighted by molar-refractivity contribution is 5.69. The zero-order valence-electron chi connectivity index (χ0n) is 30.4. The summed E-state index contributed by atoms with van der Waals surface area (Å²) in [5.74, 6) is -0.0577. The standard InChI is InChI=1S/C39H77NO5/c1-4-7-10-12-17-21-28-37(29-22-18-13-11-8-5-2)45-39(43)31-24-26-33-40(34-35-41)32-25-20-16-14-15-19-23-30-38(42)44-36-27-9-6-3/h37,41H,4-36H2,1-3H3. The zero-order valence-corrected chi connectivity index (χ0v) is 30.4. The van der Waals surface area contributed by atoms with Crippen LogP contribution in [-0.2, 0) is 19.1 Å². The average molecular weight is 640 g/mol. The molecule has 45 heavy (non-hydrogen) atoms. The summed E-state index contributed by atoms with van der Waals surface area (Å²) in [6, 6.07) is 0. The molecule has 0 spiro atoms. The van der Waals surface area contributed by atoms with E-state index >= 15 is 0 Å². The van der Waals surface area contributed by atoms with E-state index in [1.165, 1.54) is 103 Å². The lowest BCUT2D eigenvalue weighted by molar-refractivity contribution is -0.150. The van der Waals surface area contributed by atoms with E-state index in [9.17, 15) is 14.7 Å². The van der Waals surface area contributed by atoms with Gasteiger partial charge in [0.25, 0.3) is 0 Å². The molecule has 0 aromatic heterocycles. The van der Waals surface area contributed by atoms with Gasteiger partial charge in [0.2, 0.25) is 0 Å². The van der Waals surface area contributed by atoms with E-state index in [1.54, 1.807) is 0 Å². The minimum absolute atomic E-state index is 0.0189. The molecular weight excluding hydrogens is 562 g/mol. The first-order valence-electron chi connectivity index (χ1n) is 19.8. The van der Waals surface area contributed by atoms with Crippen LogP contribution >= 0.6 is 0 Å². The number of aliphatic hydroxyl groups excluding tert-OH is 1. The lowest BCUT2D eigenvalue weighted by Gasteiger charge is -2.21. The minimum atomic E-state index is -0.0387. The Morgan fingerprint density at radius 1 is 0.511 bits per heavy atom. The SMILES string of the molecule is CCCCCCCCC(CCCCCCCC)OC(=O)CCCCN(CCO)CCCCCCCCCC(=O)OCCCCC. The van der Waals surface area contributed by atoms with Crippen LogP contribution in [0, 0.1) is 0 Å². The van der Waals surface area contributed by atoms with Gasteiger partial charge >= 0.3 is 11.9 Å². The van der Waals surface area contributed by atoms with Crippen molar-refractivity contribution in [3.8, 4) is 0 Å². The Morgan fingerprint density at radius 3 is 1.49 bits per heavy atom. The van der Waals surface area contributed by atoms with Gasteiger partial charge in [-0.15, -0.1) is 0 Å². The van der Waals surface area contributed by atoms with Crippen molar-refractivity contribution in [1.82, 2.24) is 4.90 Å². The summed E-state index contributed by atoms with van der Waals surface area (Å²) in [7, 11) is 0. The smallest absolute Gasteiger partial charge is 0.306 e. The molecule has 0 fully saturated rings. The fraction of sp³-hybridized carbons (Fsp3) is 0.949. The van der Waals surface area contributed by atoms with Crippen molar-refractivity contribution >= 4 is 11.9 Å². The van der Waals surface area contributed by atoms with E-state index in [2.05, 4.69) is 25.7 Å². The van der Waals surface area contributed by atoms with Gasteiger partial charge in [-0.1, -0.05) is 130 Å². The van der Waals surface area contributed by atoms with E-state index in [0.717, 1.165) is 77.3 Å². The molecule has 0 heterocycles. The van der Waals surface area contributed by atoms with Crippen LogP contribution < -0.4 is 0 Å². The number of rotatable bonds is 36. The first-order valence-corrected chi connectivity index (χ1v) is 19.8. The maximum atomic E-state index is 12.7. The monoisotopic (exact) mass is 640 g/mol. The Hall–Kier alpha value is -1.14. The van der Waals surface area contributed by atoms with Gasteiger partial charge < -0.3 is 19.5 Å². The molecule has 0 aromatic carbocycles. The maximum absolute atomic E-state index is 12.7. The third-order valence-corrected chi connectivity index (χ3v) is 8.95. The first-order chi connectivity index (χ1) is 22.1. The van der Waals surface area contributed by atoms with Gasteiger partial charge in [-0.25, -0.2) is 0 Å². The number of unbranched alkanes of at least 4 members (excludes halogenated alkanes) is 19. The number of carbonyl (C=O) groups is 2. The van der Waals surface area contributed by atoms with E-state index in [0.29, 0.717) is 26.0 Å². The summed E-state index contributed by atoms with van der Waals surface area (Å²) in [5.41, 5.74) is 0. The van der Waals surface area contributed by atoms with Gasteiger partial charge in [0.1, 0.15) is 6.10 Å². The number of hydrogen-bond donors (Lipinski definition) is 1. The number of ether oxygens (including phenoxy) is 2. The van der Waals surface area contributed by atoms with Gasteiger partial charge in [-0.2, -0.15) is 0 Å². The van der Waals surface area contributed by atoms with Crippen molar-refractivity contribution in [3.63, 3.8) is 0 Å². The zero-order chi connectivity index (χ0) is 33.1. The molecule has 0 unspecified atom stereocenters. The highest BCUT2D eigenvalue weighted by Gasteiger charge is 2.15. The molecule has 0 amide bonds. The van der Waals surface area contributed by atoms with Crippen molar-refractivity contribution in [1.29, 1.82) is 0 Å². The van der Waals surface area contributed by atoms with Gasteiger partial charge in [0.15, 0.2) is 0 Å². The summed E-state index contributed by atoms with van der Waals surface area (Å²) in [5, 5.41) is 9.53. The molecule has 0 aliphatic rings. The van der Waals surface area contributed by atoms with Crippen LogP contribution in [-0.4, -0.2) is 60.9 Å². The molecule has 0 saturated carbocycles. The second-order valence-corrected chi connectivity index (χ2v) is 13.4. The summed E-state index contributed by atoms with van der Waals surface area (Å²) in [4.78, 5) is 26.8. The lowest BCUT2D eigenvalue weighted by atomic mass is 10.0. The molecule has 0 atom stereocenters. The van der Waals surface area contributed by atoms with Gasteiger partial charge in [0.05, 0.1) is 13.2 Å². The molecule has 0 aliphatic carbocycles. The lowest BCUT2D eigenvalue weighted by Crippen LogP contribution is -2.29. The second kappa shape index (κ2) is 35.7. The summed E-state index contributed by atoms with van der Waals surface area (Å²) in [6.45, 7) is 10.1. The Balaban J connectivity index is 4.07. The van der Waals surface area contributed by atoms with Gasteiger partial charge in [0, 0.05) is 19.4 Å². The molecule has 0 aromatic rings. The predicted molar refractivity (Wildman–Crippen MR) is 191 cm³/mol. The van der Waals surface area contributed by atoms with E-state index in [1.807, 2.05) is 0 Å². The predicted octanol–water partition coefficient (Wildman–Crippen LogP) is 10.7. The van der Waals surface area contributed by atoms with Crippen LogP contribution in [0.2, 0.25) is 0 Å². The van der Waals surface area contributed by atoms with Crippen molar-refractivity contribution in [2.24, 2.45) is 0 Å². The minimum Gasteiger partial charge on any atom is -0.466 e. The third-order valence-electron chi connectivity index (χ3n) is 8.95. The first kappa shape index (κ1) is 43.9. The molecule has 0 radical (unpaired) electrons. The maximum Gasteiger partial charge on any atom is 0.306 e. The van der Waals surface area contributed by atoms with E-state index < -0.39 is 0 Å². The van der Waals surface area contributed by atoms with Crippen LogP contribution in [0.3, 0.4) is 0 Å². The average Bonchev–Trinajstić information content (AvgIpc) is 3.03. The van der Waals surface area contributed by atoms with E-state index in [4.69, 9.17) is 9.47 Å². The summed E-state index contributed by atoms with van der Waals surface area (Å²) >= 11 is 0. The quantitative estimate of drug-likeness (QED) is 0.0543. The van der Waals surface area contributed by atoms with Gasteiger partial charge in [-0.3, -0.25) is 9.59 Å². The fourth-order valence-electron chi connectivity index (χ4n) is 5.99. The van der Waals surface area contributed by atoms with Crippen LogP contribution in [0.25, 0.3) is 0 Å². The van der Waals surface area contributed by atoms with Crippen LogP contribution in [0.4, 0.5) is 0 Å². The Kier molecular flexibility index (Phi) is 34.8. The number of carbonyl (C=O) groups excluding carboxylic acids is 2. The molecule has 268 valence electrons. The second-order valence-electron chi connectivity index (χ2n) is 13.4. The summed E-state index contributed by atoms with van der Waals surface area (Å²) in [6.07, 6.45) is 31.6. The van der Waals surface area contributed by atoms with Gasteiger partial charge in [-0.05, 0) is 70.9 Å². The Morgan fingerprint density at radius 2 is 0.933 bits per heavy atom. The van der Waals surface area contributed by atoms with Crippen molar-refractivity contribution in [2.75, 3.05) is 32.8 Å². The molecule has 0 saturated heterocycles. The molecule has 0 rings (SSSR count). The summed E-state index contributed by atoms with van der Waals surface area (Å²) < 4.78 is 11.3. The topological polar surface area (TPSA) is 76.1 Å². The van der Waals surface area contributed by atoms with Crippen molar-refractivity contribution in [2.45, 2.75) is 207 Å². The highest BCUT2D eigenvalue weighted by Crippen LogP contribution is 2.18. The Labute approximate surface area is 280 Å². The Bertz CT molecular complexity index is 613. The molecular formula is C39H77NO5. The molecule has 1 N–H and O–H groups in total. The van der Waals surface area contributed by atoms with Crippen molar-refractivity contribution < 1.29 is 24.2 Å². The van der Waals surface area contributed by atoms with E-state index in [-0.39, 0.29) is 24.6 Å². The van der Waals surface area contributed by atoms with Crippen LogP contribution in [0.15, 0.2) is 0 Å². The largest absolute Gasteiger partial charge is 0.466 e. The molecule has 0 aliphatic heterocycles. The number of esters is 2. The highest BCUT2D eigenvalue weighted by atomic mass is 16.5. The van der Waals surface area contributed by atoms with Crippen molar-refractivity contribution in [3.05, 3.63) is 0 Å². The number of nitrogens with zero attached hydrogens (tertiary/aromatic N) is 1. The third kappa shape index (κ3) is 32.6. The number of aliphatic hydroxyl groups is 1. The van der Waals surface area contributed by atoms with Crippen LogP contribution in [0.1, 0.15) is 201 Å². The fourth-order valence-corrected chi connectivity index (χ4v) is 5.99. The molecule has 6 heteroatoms.